The number of anilines is 1. The molecule has 10 heteroatoms. The molecule has 0 unspecified atom stereocenters. The van der Waals surface area contributed by atoms with Crippen molar-refractivity contribution >= 4 is 39.1 Å². The van der Waals surface area contributed by atoms with E-state index in [2.05, 4.69) is 5.32 Å². The third kappa shape index (κ3) is 8.04. The number of nitrogens with one attached hydrogen (secondary N) is 1. The second-order valence-corrected chi connectivity index (χ2v) is 12.7. The summed E-state index contributed by atoms with van der Waals surface area (Å²) in [4.78, 5) is 29.1. The average molecular weight is 614 g/mol. The molecule has 0 bridgehead atoms. The van der Waals surface area contributed by atoms with Crippen molar-refractivity contribution in [1.82, 2.24) is 10.2 Å². The highest BCUT2D eigenvalue weighted by Crippen LogP contribution is 2.32. The number of sulfonamides is 1. The Bertz CT molecular complexity index is 1480. The molecule has 3 rings (SSSR count). The smallest absolute Gasteiger partial charge is 0.264 e. The molecule has 0 aromatic heterocycles. The predicted molar refractivity (Wildman–Crippen MR) is 167 cm³/mol. The molecule has 0 aliphatic carbocycles. The minimum absolute atomic E-state index is 0.0273. The number of halogens is 1. The number of benzene rings is 3. The van der Waals surface area contributed by atoms with Crippen molar-refractivity contribution in [2.45, 2.75) is 71.0 Å². The maximum atomic E-state index is 14.2. The van der Waals surface area contributed by atoms with Gasteiger partial charge in [-0.25, -0.2) is 8.42 Å². The van der Waals surface area contributed by atoms with E-state index in [0.29, 0.717) is 12.2 Å². The lowest BCUT2D eigenvalue weighted by Crippen LogP contribution is -2.53. The highest BCUT2D eigenvalue weighted by Gasteiger charge is 2.34. The number of hydrogen-bond acceptors (Lipinski definition) is 5. The van der Waals surface area contributed by atoms with Crippen molar-refractivity contribution in [3.63, 3.8) is 0 Å². The fourth-order valence-electron chi connectivity index (χ4n) is 4.43. The highest BCUT2D eigenvalue weighted by atomic mass is 35.5. The number of ether oxygens (including phenoxy) is 1. The van der Waals surface area contributed by atoms with E-state index in [0.717, 1.165) is 27.4 Å². The molecule has 42 heavy (non-hydrogen) atoms. The second kappa shape index (κ2) is 14.6. The van der Waals surface area contributed by atoms with Gasteiger partial charge in [-0.2, -0.15) is 0 Å². The van der Waals surface area contributed by atoms with Gasteiger partial charge in [-0.1, -0.05) is 73.0 Å². The van der Waals surface area contributed by atoms with Gasteiger partial charge >= 0.3 is 0 Å². The Balaban J connectivity index is 2.09. The standard InChI is InChI=1S/C32H40ClN3O5S/c1-7-24(5)34-32(38)29(8-2)35(20-25-13-9-22(3)10-14-25)31(37)21-36(26-15-18-30(41-6)28(33)19-26)42(39,40)27-16-11-23(4)12-17-27/h9-19,24,29H,7-8,20-21H2,1-6H3,(H,34,38)/t24-,29+/m1/s1. The Kier molecular flexibility index (Phi) is 11.4. The first kappa shape index (κ1) is 32.9. The zero-order valence-electron chi connectivity index (χ0n) is 25.1. The van der Waals surface area contributed by atoms with Gasteiger partial charge in [-0.3, -0.25) is 13.9 Å². The number of nitrogens with zero attached hydrogens (tertiary/aromatic N) is 2. The van der Waals surface area contributed by atoms with Gasteiger partial charge in [0.05, 0.1) is 22.7 Å². The van der Waals surface area contributed by atoms with Crippen molar-refractivity contribution in [2.75, 3.05) is 18.0 Å². The highest BCUT2D eigenvalue weighted by molar-refractivity contribution is 7.92. The molecule has 0 aliphatic rings. The minimum Gasteiger partial charge on any atom is -0.495 e. The zero-order valence-corrected chi connectivity index (χ0v) is 26.6. The van der Waals surface area contributed by atoms with Crippen molar-refractivity contribution in [3.05, 3.63) is 88.4 Å². The van der Waals surface area contributed by atoms with Crippen LogP contribution < -0.4 is 14.4 Å². The number of hydrogen-bond donors (Lipinski definition) is 1. The molecule has 0 radical (unpaired) electrons. The average Bonchev–Trinajstić information content (AvgIpc) is 2.96. The molecule has 2 atom stereocenters. The lowest BCUT2D eigenvalue weighted by molar-refractivity contribution is -0.140. The zero-order chi connectivity index (χ0) is 31.0. The first-order valence-electron chi connectivity index (χ1n) is 14.0. The third-order valence-electron chi connectivity index (χ3n) is 7.17. The normalized spacial score (nSPS) is 12.7. The van der Waals surface area contributed by atoms with Gasteiger partial charge in [0, 0.05) is 12.6 Å². The summed E-state index contributed by atoms with van der Waals surface area (Å²) in [6, 6.07) is 17.7. The van der Waals surface area contributed by atoms with Gasteiger partial charge in [0.25, 0.3) is 10.0 Å². The largest absolute Gasteiger partial charge is 0.495 e. The van der Waals surface area contributed by atoms with Crippen LogP contribution in [0.2, 0.25) is 5.02 Å². The molecule has 0 saturated heterocycles. The second-order valence-electron chi connectivity index (χ2n) is 10.4. The summed E-state index contributed by atoms with van der Waals surface area (Å²) < 4.78 is 34.3. The van der Waals surface area contributed by atoms with Crippen LogP contribution in [0.3, 0.4) is 0 Å². The van der Waals surface area contributed by atoms with E-state index < -0.39 is 28.5 Å². The van der Waals surface area contributed by atoms with E-state index >= 15 is 0 Å². The molecule has 3 aromatic rings. The lowest BCUT2D eigenvalue weighted by atomic mass is 10.1. The topological polar surface area (TPSA) is 96.0 Å². The molecule has 1 N–H and O–H groups in total. The van der Waals surface area contributed by atoms with Gasteiger partial charge in [0.15, 0.2) is 0 Å². The fraction of sp³-hybridized carbons (Fsp3) is 0.375. The molecule has 8 nitrogen and oxygen atoms in total. The van der Waals surface area contributed by atoms with Crippen molar-refractivity contribution in [1.29, 1.82) is 0 Å². The SMILES string of the molecule is CC[C@@H](C)NC(=O)[C@H](CC)N(Cc1ccc(C)cc1)C(=O)CN(c1ccc(OC)c(Cl)c1)S(=O)(=O)c1ccc(C)cc1. The van der Waals surface area contributed by atoms with E-state index in [1.54, 1.807) is 24.3 Å². The molecular formula is C32H40ClN3O5S. The summed E-state index contributed by atoms with van der Waals surface area (Å²) in [6.07, 6.45) is 1.08. The maximum absolute atomic E-state index is 14.2. The van der Waals surface area contributed by atoms with Crippen LogP contribution >= 0.6 is 11.6 Å². The van der Waals surface area contributed by atoms with E-state index in [9.17, 15) is 18.0 Å². The summed E-state index contributed by atoms with van der Waals surface area (Å²) in [6.45, 7) is 9.12. The van der Waals surface area contributed by atoms with E-state index in [1.807, 2.05) is 58.9 Å². The van der Waals surface area contributed by atoms with Crippen LogP contribution in [0.25, 0.3) is 0 Å². The van der Waals surface area contributed by atoms with Crippen LogP contribution in [-0.2, 0) is 26.2 Å². The third-order valence-corrected chi connectivity index (χ3v) is 9.26. The molecule has 226 valence electrons. The van der Waals surface area contributed by atoms with Gasteiger partial charge < -0.3 is 15.0 Å². The number of aryl methyl sites for hydroxylation is 2. The predicted octanol–water partition coefficient (Wildman–Crippen LogP) is 5.88. The Labute approximate surface area is 254 Å². The van der Waals surface area contributed by atoms with Gasteiger partial charge in [0.2, 0.25) is 11.8 Å². The number of rotatable bonds is 13. The molecule has 3 aromatic carbocycles. The van der Waals surface area contributed by atoms with Gasteiger partial charge in [-0.15, -0.1) is 0 Å². The van der Waals surface area contributed by atoms with E-state index in [1.165, 1.54) is 30.2 Å². The first-order chi connectivity index (χ1) is 19.9. The van der Waals surface area contributed by atoms with Crippen molar-refractivity contribution in [2.24, 2.45) is 0 Å². The van der Waals surface area contributed by atoms with Crippen molar-refractivity contribution in [3.8, 4) is 5.75 Å². The van der Waals surface area contributed by atoms with Crippen LogP contribution in [0.15, 0.2) is 71.6 Å². The Morgan fingerprint density at radius 1 is 0.929 bits per heavy atom. The molecule has 0 aliphatic heterocycles. The van der Waals surface area contributed by atoms with Crippen molar-refractivity contribution < 1.29 is 22.7 Å². The number of carbonyl (C=O) groups is 2. The summed E-state index contributed by atoms with van der Waals surface area (Å²) in [7, 11) is -2.74. The summed E-state index contributed by atoms with van der Waals surface area (Å²) in [5.41, 5.74) is 2.97. The molecule has 2 amide bonds. The first-order valence-corrected chi connectivity index (χ1v) is 15.8. The Morgan fingerprint density at radius 2 is 1.52 bits per heavy atom. The Morgan fingerprint density at radius 3 is 2.05 bits per heavy atom. The number of methoxy groups -OCH3 is 1. The van der Waals surface area contributed by atoms with Crippen LogP contribution in [0, 0.1) is 13.8 Å². The summed E-state index contributed by atoms with van der Waals surface area (Å²) in [5, 5.41) is 3.18. The van der Waals surface area contributed by atoms with Gasteiger partial charge in [-0.05, 0) is 69.5 Å². The number of amides is 2. The summed E-state index contributed by atoms with van der Waals surface area (Å²) >= 11 is 6.39. The fourth-order valence-corrected chi connectivity index (χ4v) is 6.09. The maximum Gasteiger partial charge on any atom is 0.264 e. The lowest BCUT2D eigenvalue weighted by Gasteiger charge is -2.34. The van der Waals surface area contributed by atoms with E-state index in [4.69, 9.17) is 16.3 Å². The monoisotopic (exact) mass is 613 g/mol. The van der Waals surface area contributed by atoms with E-state index in [-0.39, 0.29) is 34.1 Å². The minimum atomic E-state index is -4.20. The molecule has 0 spiro atoms. The molecule has 0 heterocycles. The molecule has 0 fully saturated rings. The quantitative estimate of drug-likeness (QED) is 0.260. The van der Waals surface area contributed by atoms with Crippen LogP contribution in [0.5, 0.6) is 5.75 Å². The Hall–Kier alpha value is -3.56. The number of carbonyl (C=O) groups excluding carboxylic acids is 2. The van der Waals surface area contributed by atoms with Crippen LogP contribution in [0.1, 0.15) is 50.3 Å². The van der Waals surface area contributed by atoms with Crippen LogP contribution in [-0.4, -0.2) is 50.9 Å². The van der Waals surface area contributed by atoms with Gasteiger partial charge in [0.1, 0.15) is 18.3 Å². The molecular weight excluding hydrogens is 574 g/mol. The molecule has 0 saturated carbocycles. The summed E-state index contributed by atoms with van der Waals surface area (Å²) in [5.74, 6) is -0.440. The van der Waals surface area contributed by atoms with Crippen LogP contribution in [0.4, 0.5) is 5.69 Å².